The number of hydrogen-bond acceptors (Lipinski definition) is 8. The Labute approximate surface area is 258 Å². The van der Waals surface area contributed by atoms with Gasteiger partial charge < -0.3 is 9.47 Å². The Bertz CT molecular complexity index is 1600. The molecule has 1 aliphatic heterocycles. The number of rotatable bonds is 10. The first-order valence-corrected chi connectivity index (χ1v) is 16.3. The van der Waals surface area contributed by atoms with E-state index < -0.39 is 44.6 Å². The minimum Gasteiger partial charge on any atom is -0.497 e. The molecule has 44 heavy (non-hydrogen) atoms. The van der Waals surface area contributed by atoms with Crippen LogP contribution in [-0.4, -0.2) is 60.5 Å². The van der Waals surface area contributed by atoms with Crippen molar-refractivity contribution < 1.29 is 32.3 Å². The van der Waals surface area contributed by atoms with Gasteiger partial charge in [0.25, 0.3) is 0 Å². The Balaban J connectivity index is 1.56. The topological polar surface area (TPSA) is 123 Å². The van der Waals surface area contributed by atoms with Crippen molar-refractivity contribution in [3.8, 4) is 5.75 Å². The van der Waals surface area contributed by atoms with Gasteiger partial charge in [0.2, 0.25) is 11.8 Å². The van der Waals surface area contributed by atoms with Crippen LogP contribution in [0, 0.1) is 5.92 Å². The third kappa shape index (κ3) is 7.82. The van der Waals surface area contributed by atoms with Crippen molar-refractivity contribution in [1.29, 1.82) is 0 Å². The van der Waals surface area contributed by atoms with Gasteiger partial charge in [0, 0.05) is 18.9 Å². The number of nitrogens with zero attached hydrogens (tertiary/aromatic N) is 3. The van der Waals surface area contributed by atoms with Gasteiger partial charge in [0.05, 0.1) is 19.6 Å². The molecule has 234 valence electrons. The van der Waals surface area contributed by atoms with Crippen LogP contribution in [0.2, 0.25) is 0 Å². The van der Waals surface area contributed by atoms with E-state index in [1.807, 2.05) is 49.4 Å². The van der Waals surface area contributed by atoms with E-state index in [2.05, 4.69) is 4.98 Å². The van der Waals surface area contributed by atoms with Crippen LogP contribution >= 0.6 is 0 Å². The van der Waals surface area contributed by atoms with Crippen LogP contribution in [0.3, 0.4) is 0 Å². The van der Waals surface area contributed by atoms with E-state index in [9.17, 15) is 22.8 Å². The monoisotopic (exact) mass is 621 g/mol. The number of imide groups is 1. The van der Waals surface area contributed by atoms with Crippen LogP contribution < -0.4 is 9.64 Å². The standard InChI is InChI=1S/C33H39N3O7S/c1-22(25-10-8-7-9-11-25)18-29(37)36-30(38)27(31(36)44(6,40)41)19-24-16-17-34-28(20-24)35(32(39)43-33(2,3)4)21-23-12-14-26(42-5)15-13-23/h7-17,20,22,27,31H,18-19,21H2,1-6H3/t22-,27-,31+/m0/s1. The Hall–Kier alpha value is -4.25. The summed E-state index contributed by atoms with van der Waals surface area (Å²) in [5.74, 6) is -1.25. The van der Waals surface area contributed by atoms with Gasteiger partial charge in [-0.15, -0.1) is 0 Å². The summed E-state index contributed by atoms with van der Waals surface area (Å²) in [6.45, 7) is 7.31. The van der Waals surface area contributed by atoms with Crippen molar-refractivity contribution in [2.45, 2.75) is 64.0 Å². The number of anilines is 1. The Morgan fingerprint density at radius 1 is 1.02 bits per heavy atom. The molecule has 4 rings (SSSR count). The van der Waals surface area contributed by atoms with Crippen molar-refractivity contribution in [2.24, 2.45) is 5.92 Å². The van der Waals surface area contributed by atoms with Crippen molar-refractivity contribution in [3.05, 3.63) is 89.6 Å². The predicted molar refractivity (Wildman–Crippen MR) is 167 cm³/mol. The van der Waals surface area contributed by atoms with Crippen LogP contribution in [0.4, 0.5) is 10.6 Å². The largest absolute Gasteiger partial charge is 0.497 e. The number of likely N-dealkylation sites (tertiary alicyclic amines) is 1. The quantitative estimate of drug-likeness (QED) is 0.286. The number of carbonyl (C=O) groups excluding carboxylic acids is 3. The molecule has 1 fully saturated rings. The molecule has 0 radical (unpaired) electrons. The molecule has 3 aromatic rings. The third-order valence-corrected chi connectivity index (χ3v) is 8.78. The predicted octanol–water partition coefficient (Wildman–Crippen LogP) is 5.12. The van der Waals surface area contributed by atoms with Gasteiger partial charge in [-0.1, -0.05) is 49.4 Å². The zero-order valence-corrected chi connectivity index (χ0v) is 26.7. The summed E-state index contributed by atoms with van der Waals surface area (Å²) < 4.78 is 36.6. The van der Waals surface area contributed by atoms with Crippen molar-refractivity contribution >= 4 is 33.6 Å². The average molecular weight is 622 g/mol. The number of amides is 3. The van der Waals surface area contributed by atoms with E-state index in [0.29, 0.717) is 11.3 Å². The van der Waals surface area contributed by atoms with Crippen molar-refractivity contribution in [3.63, 3.8) is 0 Å². The summed E-state index contributed by atoms with van der Waals surface area (Å²) in [5, 5.41) is -1.27. The van der Waals surface area contributed by atoms with Gasteiger partial charge in [-0.05, 0) is 74.1 Å². The maximum atomic E-state index is 13.3. The van der Waals surface area contributed by atoms with Gasteiger partial charge in [-0.2, -0.15) is 0 Å². The number of benzene rings is 2. The molecule has 3 atom stereocenters. The number of ether oxygens (including phenoxy) is 2. The lowest BCUT2D eigenvalue weighted by atomic mass is 9.89. The van der Waals surface area contributed by atoms with E-state index in [-0.39, 0.29) is 31.1 Å². The molecule has 1 saturated heterocycles. The van der Waals surface area contributed by atoms with E-state index in [1.54, 1.807) is 52.1 Å². The fourth-order valence-corrected chi connectivity index (χ4v) is 6.60. The van der Waals surface area contributed by atoms with Crippen LogP contribution in [0.5, 0.6) is 5.75 Å². The van der Waals surface area contributed by atoms with Crippen LogP contribution in [0.15, 0.2) is 72.9 Å². The van der Waals surface area contributed by atoms with Gasteiger partial charge in [-0.3, -0.25) is 19.4 Å². The number of carbonyl (C=O) groups is 3. The SMILES string of the molecule is COc1ccc(CN(C(=O)OC(C)(C)C)c2cc(C[C@H]3C(=O)N(C(=O)C[C@H](C)c4ccccc4)[C@@H]3S(C)(=O)=O)ccn2)cc1. The van der Waals surface area contributed by atoms with Crippen LogP contribution in [0.25, 0.3) is 0 Å². The first-order valence-electron chi connectivity index (χ1n) is 14.4. The Kier molecular flexibility index (Phi) is 9.78. The highest BCUT2D eigenvalue weighted by atomic mass is 32.2. The molecule has 10 nitrogen and oxygen atoms in total. The van der Waals surface area contributed by atoms with Crippen molar-refractivity contribution in [1.82, 2.24) is 9.88 Å². The lowest BCUT2D eigenvalue weighted by molar-refractivity contribution is -0.161. The molecule has 11 heteroatoms. The summed E-state index contributed by atoms with van der Waals surface area (Å²) in [5.41, 5.74) is 1.56. The number of sulfone groups is 1. The highest BCUT2D eigenvalue weighted by Gasteiger charge is 2.55. The lowest BCUT2D eigenvalue weighted by Gasteiger charge is -2.44. The molecule has 0 saturated carbocycles. The molecule has 0 N–H and O–H groups in total. The number of pyridine rings is 1. The minimum atomic E-state index is -3.80. The number of methoxy groups -OCH3 is 1. The van der Waals surface area contributed by atoms with E-state index in [4.69, 9.17) is 9.47 Å². The Morgan fingerprint density at radius 2 is 1.68 bits per heavy atom. The maximum Gasteiger partial charge on any atom is 0.416 e. The maximum absolute atomic E-state index is 13.3. The molecule has 1 aromatic heterocycles. The van der Waals surface area contributed by atoms with Gasteiger partial charge in [0.1, 0.15) is 17.2 Å². The minimum absolute atomic E-state index is 0.00407. The molecule has 0 aliphatic carbocycles. The summed E-state index contributed by atoms with van der Waals surface area (Å²) in [6, 6.07) is 19.9. The molecular formula is C33H39N3O7S. The summed E-state index contributed by atoms with van der Waals surface area (Å²) in [6.07, 6.45) is 1.98. The number of β-lactam (4-membered cyclic amide) rings is 1. The molecule has 1 aliphatic rings. The summed E-state index contributed by atoms with van der Waals surface area (Å²) in [4.78, 5) is 46.4. The zero-order valence-electron chi connectivity index (χ0n) is 25.9. The molecule has 2 aromatic carbocycles. The second-order valence-electron chi connectivity index (χ2n) is 12.1. The van der Waals surface area contributed by atoms with Gasteiger partial charge >= 0.3 is 6.09 Å². The number of aromatic nitrogens is 1. The Morgan fingerprint density at radius 3 is 2.27 bits per heavy atom. The second kappa shape index (κ2) is 13.2. The van der Waals surface area contributed by atoms with Crippen LogP contribution in [-0.2, 0) is 37.1 Å². The van der Waals surface area contributed by atoms with Crippen molar-refractivity contribution in [2.75, 3.05) is 18.3 Å². The van der Waals surface area contributed by atoms with E-state index in [0.717, 1.165) is 22.3 Å². The zero-order chi connectivity index (χ0) is 32.2. The molecule has 2 heterocycles. The second-order valence-corrected chi connectivity index (χ2v) is 14.2. The highest BCUT2D eigenvalue weighted by Crippen LogP contribution is 2.36. The third-order valence-electron chi connectivity index (χ3n) is 7.37. The summed E-state index contributed by atoms with van der Waals surface area (Å²) in [7, 11) is -2.23. The molecule has 0 spiro atoms. The first-order chi connectivity index (χ1) is 20.7. The molecule has 0 bridgehead atoms. The fraction of sp³-hybridized carbons (Fsp3) is 0.394. The van der Waals surface area contributed by atoms with Crippen LogP contribution in [0.1, 0.15) is 56.7 Å². The van der Waals surface area contributed by atoms with E-state index >= 15 is 0 Å². The first kappa shape index (κ1) is 32.7. The lowest BCUT2D eigenvalue weighted by Crippen LogP contribution is -2.66. The highest BCUT2D eigenvalue weighted by molar-refractivity contribution is 7.91. The smallest absolute Gasteiger partial charge is 0.416 e. The summed E-state index contributed by atoms with van der Waals surface area (Å²) >= 11 is 0. The average Bonchev–Trinajstić information content (AvgIpc) is 2.96. The normalized spacial score (nSPS) is 17.4. The fourth-order valence-electron chi connectivity index (χ4n) is 5.19. The van der Waals surface area contributed by atoms with Gasteiger partial charge in [-0.25, -0.2) is 18.2 Å². The molecule has 3 amide bonds. The number of hydrogen-bond donors (Lipinski definition) is 0. The molecular weight excluding hydrogens is 582 g/mol. The van der Waals surface area contributed by atoms with Gasteiger partial charge in [0.15, 0.2) is 15.2 Å². The van der Waals surface area contributed by atoms with E-state index in [1.165, 1.54) is 11.1 Å². The molecule has 0 unspecified atom stereocenters.